The van der Waals surface area contributed by atoms with E-state index in [1.165, 1.54) is 38.1 Å². The molecule has 2 rings (SSSR count). The molecule has 12 heteroatoms. The number of aryl methyl sites for hydroxylation is 1. The summed E-state index contributed by atoms with van der Waals surface area (Å²) in [4.78, 5) is 24.7. The van der Waals surface area contributed by atoms with Crippen molar-refractivity contribution in [1.29, 1.82) is 0 Å². The Balaban J connectivity index is 2.50. The van der Waals surface area contributed by atoms with E-state index < -0.39 is 23.7 Å². The number of ether oxygens (including phenoxy) is 1. The zero-order valence-corrected chi connectivity index (χ0v) is 15.6. The lowest BCUT2D eigenvalue weighted by Crippen LogP contribution is -2.69. The van der Waals surface area contributed by atoms with Gasteiger partial charge in [-0.3, -0.25) is 4.79 Å². The lowest BCUT2D eigenvalue weighted by molar-refractivity contribution is -0.204. The number of nitrogens with one attached hydrogen (secondary N) is 2. The van der Waals surface area contributed by atoms with Gasteiger partial charge in [-0.1, -0.05) is 35.1 Å². The molecule has 0 radical (unpaired) electrons. The molecule has 0 aliphatic heterocycles. The maximum atomic E-state index is 14.0. The average Bonchev–Trinajstić information content (AvgIpc) is 2.98. The summed E-state index contributed by atoms with van der Waals surface area (Å²) in [5.41, 5.74) is -3.82. The fourth-order valence-electron chi connectivity index (χ4n) is 2.02. The van der Waals surface area contributed by atoms with E-state index in [9.17, 15) is 22.8 Å². The number of hydrogen-bond acceptors (Lipinski definition) is 7. The Morgan fingerprint density at radius 2 is 1.93 bits per heavy atom. The minimum atomic E-state index is -5.27. The first kappa shape index (κ1) is 20.9. The van der Waals surface area contributed by atoms with Gasteiger partial charge in [0.05, 0.1) is 17.2 Å². The zero-order valence-electron chi connectivity index (χ0n) is 14.1. The van der Waals surface area contributed by atoms with Gasteiger partial charge in [0.1, 0.15) is 5.01 Å². The number of hydrogen-bond donors (Lipinski definition) is 2. The molecule has 1 heterocycles. The van der Waals surface area contributed by atoms with Crippen molar-refractivity contribution in [3.8, 4) is 0 Å². The number of halogens is 4. The summed E-state index contributed by atoms with van der Waals surface area (Å²) in [6.07, 6.45) is -5.27. The summed E-state index contributed by atoms with van der Waals surface area (Å²) in [5.74, 6) is -2.97. The number of carbonyl (C=O) groups excluding carboxylic acids is 2. The molecule has 0 spiro atoms. The van der Waals surface area contributed by atoms with Crippen LogP contribution < -0.4 is 10.6 Å². The fraction of sp³-hybridized carbons (Fsp3) is 0.333. The van der Waals surface area contributed by atoms with Crippen LogP contribution in [0.25, 0.3) is 0 Å². The Hall–Kier alpha value is -2.40. The number of esters is 1. The van der Waals surface area contributed by atoms with E-state index in [0.29, 0.717) is 5.01 Å². The van der Waals surface area contributed by atoms with Gasteiger partial charge in [0.25, 0.3) is 5.91 Å². The van der Waals surface area contributed by atoms with Crippen LogP contribution in [0.2, 0.25) is 5.02 Å². The Kier molecular flexibility index (Phi) is 6.26. The lowest BCUT2D eigenvalue weighted by Gasteiger charge is -2.34. The van der Waals surface area contributed by atoms with E-state index >= 15 is 0 Å². The standard InChI is InChI=1S/C15H14ClF3N4O3S/c1-3-26-12(25)14(15(17,18)19,21-13-23-22-8(2)27-13)20-11(24)9-6-4-5-7-10(9)16/h4-7H,3H2,1-2H3,(H,20,24)(H,21,23)/t14-/m0/s1. The quantitative estimate of drug-likeness (QED) is 0.548. The first-order valence-corrected chi connectivity index (χ1v) is 8.69. The third-order valence-electron chi connectivity index (χ3n) is 3.25. The highest BCUT2D eigenvalue weighted by Crippen LogP contribution is 2.34. The summed E-state index contributed by atoms with van der Waals surface area (Å²) in [6, 6.07) is 5.47. The van der Waals surface area contributed by atoms with Crippen molar-refractivity contribution in [2.75, 3.05) is 11.9 Å². The highest BCUT2D eigenvalue weighted by atomic mass is 35.5. The molecule has 2 aromatic rings. The molecule has 27 heavy (non-hydrogen) atoms. The van der Waals surface area contributed by atoms with E-state index in [0.717, 1.165) is 11.3 Å². The van der Waals surface area contributed by atoms with Crippen molar-refractivity contribution in [1.82, 2.24) is 15.5 Å². The Bertz CT molecular complexity index is 846. The lowest BCUT2D eigenvalue weighted by atomic mass is 10.1. The van der Waals surface area contributed by atoms with Crippen LogP contribution in [0, 0.1) is 6.92 Å². The number of alkyl halides is 3. The van der Waals surface area contributed by atoms with E-state index in [2.05, 4.69) is 14.9 Å². The molecule has 1 atom stereocenters. The second-order valence-corrected chi connectivity index (χ2v) is 6.74. The molecule has 0 saturated heterocycles. The number of anilines is 1. The number of benzene rings is 1. The Labute approximate surface area is 160 Å². The van der Waals surface area contributed by atoms with E-state index in [1.54, 1.807) is 5.32 Å². The molecule has 0 fully saturated rings. The molecule has 0 bridgehead atoms. The van der Waals surface area contributed by atoms with Crippen LogP contribution in [-0.2, 0) is 9.53 Å². The van der Waals surface area contributed by atoms with Crippen molar-refractivity contribution < 1.29 is 27.5 Å². The summed E-state index contributed by atoms with van der Waals surface area (Å²) in [6.45, 7) is 2.52. The smallest absolute Gasteiger partial charge is 0.442 e. The highest BCUT2D eigenvalue weighted by molar-refractivity contribution is 7.15. The van der Waals surface area contributed by atoms with Gasteiger partial charge >= 0.3 is 17.8 Å². The molecule has 0 aliphatic rings. The first-order chi connectivity index (χ1) is 12.6. The van der Waals surface area contributed by atoms with Crippen molar-refractivity contribution in [3.63, 3.8) is 0 Å². The number of rotatable bonds is 6. The summed E-state index contributed by atoms with van der Waals surface area (Å²) in [5, 5.41) is 10.7. The molecule has 146 valence electrons. The monoisotopic (exact) mass is 422 g/mol. The average molecular weight is 423 g/mol. The molecular formula is C15H14ClF3N4O3S. The van der Waals surface area contributed by atoms with Crippen molar-refractivity contribution >= 4 is 39.9 Å². The molecule has 0 unspecified atom stereocenters. The van der Waals surface area contributed by atoms with Gasteiger partial charge in [0.15, 0.2) is 0 Å². The van der Waals surface area contributed by atoms with Gasteiger partial charge in [0.2, 0.25) is 5.13 Å². The summed E-state index contributed by atoms with van der Waals surface area (Å²) in [7, 11) is 0. The highest BCUT2D eigenvalue weighted by Gasteiger charge is 2.64. The van der Waals surface area contributed by atoms with Crippen LogP contribution in [0.4, 0.5) is 18.3 Å². The number of nitrogens with zero attached hydrogens (tertiary/aromatic N) is 2. The van der Waals surface area contributed by atoms with Gasteiger partial charge in [-0.15, -0.1) is 10.2 Å². The largest absolute Gasteiger partial charge is 0.463 e. The Morgan fingerprint density at radius 1 is 1.26 bits per heavy atom. The van der Waals surface area contributed by atoms with Gasteiger partial charge < -0.3 is 15.4 Å². The molecular weight excluding hydrogens is 409 g/mol. The van der Waals surface area contributed by atoms with Crippen LogP contribution in [-0.4, -0.2) is 40.5 Å². The van der Waals surface area contributed by atoms with Gasteiger partial charge in [-0.25, -0.2) is 4.79 Å². The number of aromatic nitrogens is 2. The Morgan fingerprint density at radius 3 is 2.44 bits per heavy atom. The molecule has 0 saturated carbocycles. The van der Waals surface area contributed by atoms with Crippen molar-refractivity contribution in [3.05, 3.63) is 39.9 Å². The van der Waals surface area contributed by atoms with E-state index in [-0.39, 0.29) is 22.3 Å². The number of carbonyl (C=O) groups is 2. The van der Waals surface area contributed by atoms with Crippen LogP contribution in [0.5, 0.6) is 0 Å². The topological polar surface area (TPSA) is 93.2 Å². The normalized spacial score (nSPS) is 13.6. The van der Waals surface area contributed by atoms with Gasteiger partial charge in [0, 0.05) is 0 Å². The van der Waals surface area contributed by atoms with E-state index in [4.69, 9.17) is 11.6 Å². The number of amides is 1. The summed E-state index contributed by atoms with van der Waals surface area (Å²) >= 11 is 6.64. The predicted molar refractivity (Wildman–Crippen MR) is 92.6 cm³/mol. The second kappa shape index (κ2) is 8.09. The maximum absolute atomic E-state index is 14.0. The van der Waals surface area contributed by atoms with E-state index in [1.807, 2.05) is 5.32 Å². The third kappa shape index (κ3) is 4.48. The third-order valence-corrected chi connectivity index (χ3v) is 4.33. The molecule has 1 aromatic heterocycles. The second-order valence-electron chi connectivity index (χ2n) is 5.15. The molecule has 1 aromatic carbocycles. The van der Waals surface area contributed by atoms with Gasteiger partial charge in [-0.2, -0.15) is 13.2 Å². The van der Waals surface area contributed by atoms with Crippen LogP contribution in [0.1, 0.15) is 22.3 Å². The molecule has 2 N–H and O–H groups in total. The first-order valence-electron chi connectivity index (χ1n) is 7.50. The van der Waals surface area contributed by atoms with Crippen molar-refractivity contribution in [2.45, 2.75) is 25.7 Å². The minimum absolute atomic E-state index is 0.0818. The molecule has 0 aliphatic carbocycles. The van der Waals surface area contributed by atoms with Crippen LogP contribution in [0.3, 0.4) is 0 Å². The summed E-state index contributed by atoms with van der Waals surface area (Å²) < 4.78 is 46.5. The SMILES string of the molecule is CCOC(=O)[C@](NC(=O)c1ccccc1Cl)(Nc1nnc(C)s1)C(F)(F)F. The van der Waals surface area contributed by atoms with Crippen LogP contribution >= 0.6 is 22.9 Å². The molecule has 7 nitrogen and oxygen atoms in total. The van der Waals surface area contributed by atoms with Crippen molar-refractivity contribution in [2.24, 2.45) is 0 Å². The van der Waals surface area contributed by atoms with Gasteiger partial charge in [-0.05, 0) is 26.0 Å². The molecule has 1 amide bonds. The fourth-order valence-corrected chi connectivity index (χ4v) is 2.89. The zero-order chi connectivity index (χ0) is 20.2. The van der Waals surface area contributed by atoms with Crippen LogP contribution in [0.15, 0.2) is 24.3 Å². The maximum Gasteiger partial charge on any atom is 0.442 e. The predicted octanol–water partition coefficient (Wildman–Crippen LogP) is 3.16. The minimum Gasteiger partial charge on any atom is -0.463 e.